The number of likely N-dealkylation sites (N-methyl/N-ethyl adjacent to an activating group) is 1. The lowest BCUT2D eigenvalue weighted by Gasteiger charge is -2.09. The number of fused-ring (bicyclic) bond motifs is 1. The summed E-state index contributed by atoms with van der Waals surface area (Å²) in [5.41, 5.74) is 2.74. The van der Waals surface area contributed by atoms with E-state index in [1.807, 2.05) is 38.5 Å². The number of nitrogens with one attached hydrogen (secondary N) is 2. The van der Waals surface area contributed by atoms with Crippen molar-refractivity contribution in [3.05, 3.63) is 35.5 Å². The molecular formula is C16H21N3O2. The summed E-state index contributed by atoms with van der Waals surface area (Å²) in [6, 6.07) is 4.25. The number of amides is 1. The van der Waals surface area contributed by atoms with Crippen molar-refractivity contribution in [3.8, 4) is 0 Å². The van der Waals surface area contributed by atoms with Gasteiger partial charge in [-0.3, -0.25) is 0 Å². The fourth-order valence-electron chi connectivity index (χ4n) is 2.49. The Balaban J connectivity index is 1.90. The lowest BCUT2D eigenvalue weighted by atomic mass is 10.0. The SMILES string of the molecule is [2H]N1C(=O)OC[C@]1([2H])Cc1ccc2c(c1)c(CCN(C)C)cn2[2H]. The van der Waals surface area contributed by atoms with Crippen LogP contribution in [0.3, 0.4) is 0 Å². The number of aromatic amines is 1. The maximum absolute atomic E-state index is 11.4. The van der Waals surface area contributed by atoms with Crippen LogP contribution in [0, 0.1) is 0 Å². The first-order chi connectivity index (χ1) is 11.3. The van der Waals surface area contributed by atoms with Crippen molar-refractivity contribution in [1.29, 1.82) is 0 Å². The van der Waals surface area contributed by atoms with Crippen LogP contribution in [0.1, 0.15) is 12.5 Å². The summed E-state index contributed by atoms with van der Waals surface area (Å²) in [5, 5.41) is 1.58. The summed E-state index contributed by atoms with van der Waals surface area (Å²) in [7, 11) is 4.02. The van der Waals surface area contributed by atoms with Gasteiger partial charge in [0.1, 0.15) is 6.61 Å². The Morgan fingerprint density at radius 1 is 1.52 bits per heavy atom. The molecule has 0 aliphatic carbocycles. The molecule has 2 aromatic rings. The van der Waals surface area contributed by atoms with Gasteiger partial charge < -0.3 is 19.9 Å². The number of carbonyl (C=O) groups excluding carboxylic acids is 1. The predicted octanol–water partition coefficient (Wildman–Crippen LogP) is 1.92. The van der Waals surface area contributed by atoms with Crippen molar-refractivity contribution in [2.75, 3.05) is 27.2 Å². The van der Waals surface area contributed by atoms with Crippen LogP contribution < -0.4 is 5.31 Å². The molecule has 5 nitrogen and oxygen atoms in total. The molecule has 1 amide bonds. The maximum atomic E-state index is 11.4. The van der Waals surface area contributed by atoms with Gasteiger partial charge in [-0.15, -0.1) is 0 Å². The highest BCUT2D eigenvalue weighted by Crippen LogP contribution is 2.21. The molecule has 0 radical (unpaired) electrons. The van der Waals surface area contributed by atoms with Gasteiger partial charge in [-0.25, -0.2) is 4.79 Å². The van der Waals surface area contributed by atoms with E-state index in [2.05, 4.69) is 4.90 Å². The highest BCUT2D eigenvalue weighted by Gasteiger charge is 2.22. The fraction of sp³-hybridized carbons (Fsp3) is 0.438. The zero-order valence-electron chi connectivity index (χ0n) is 15.3. The molecule has 3 rings (SSSR count). The number of cyclic esters (lactones) is 1. The normalized spacial score (nSPS) is 24.2. The minimum atomic E-state index is -1.40. The molecule has 21 heavy (non-hydrogen) atoms. The van der Waals surface area contributed by atoms with Crippen LogP contribution in [0.2, 0.25) is 2.82 Å². The Morgan fingerprint density at radius 2 is 2.38 bits per heavy atom. The molecular weight excluding hydrogens is 266 g/mol. The topological polar surface area (TPSA) is 57.4 Å². The number of ether oxygens (including phenoxy) is 1. The lowest BCUT2D eigenvalue weighted by Crippen LogP contribution is -2.28. The predicted molar refractivity (Wildman–Crippen MR) is 82.5 cm³/mol. The van der Waals surface area contributed by atoms with E-state index < -0.39 is 12.1 Å². The van der Waals surface area contributed by atoms with Gasteiger partial charge in [-0.2, -0.15) is 0 Å². The first-order valence-electron chi connectivity index (χ1n) is 8.42. The number of alkyl carbamates (subject to hydrolysis) is 1. The van der Waals surface area contributed by atoms with E-state index in [9.17, 15) is 4.79 Å². The second kappa shape index (κ2) is 5.77. The van der Waals surface area contributed by atoms with E-state index in [1.165, 1.54) is 4.98 Å². The first-order valence-corrected chi connectivity index (χ1v) is 7.03. The van der Waals surface area contributed by atoms with E-state index >= 15 is 0 Å². The number of H-pyrrole nitrogens is 1. The van der Waals surface area contributed by atoms with Gasteiger partial charge in [0.05, 0.1) is 7.39 Å². The second-order valence-corrected chi connectivity index (χ2v) is 5.60. The number of rotatable bonds is 5. The van der Waals surface area contributed by atoms with Gasteiger partial charge in [0.25, 0.3) is 0 Å². The molecule has 1 saturated heterocycles. The van der Waals surface area contributed by atoms with Gasteiger partial charge in [-0.05, 0) is 50.2 Å². The van der Waals surface area contributed by atoms with E-state index in [-0.39, 0.29) is 13.0 Å². The van der Waals surface area contributed by atoms with Crippen LogP contribution in [0.5, 0.6) is 0 Å². The molecule has 5 heteroatoms. The van der Waals surface area contributed by atoms with Crippen LogP contribution in [0.25, 0.3) is 10.9 Å². The molecule has 2 heterocycles. The smallest absolute Gasteiger partial charge is 0.407 e. The summed E-state index contributed by atoms with van der Waals surface area (Å²) >= 11 is 0. The van der Waals surface area contributed by atoms with E-state index in [0.29, 0.717) is 5.31 Å². The third kappa shape index (κ3) is 3.19. The molecule has 1 aromatic carbocycles. The minimum absolute atomic E-state index is 0.111. The van der Waals surface area contributed by atoms with Crippen molar-refractivity contribution in [2.24, 2.45) is 0 Å². The Hall–Kier alpha value is -2.01. The van der Waals surface area contributed by atoms with E-state index in [4.69, 9.17) is 8.93 Å². The van der Waals surface area contributed by atoms with Crippen LogP contribution >= 0.6 is 0 Å². The molecule has 1 fully saturated rings. The van der Waals surface area contributed by atoms with Crippen molar-refractivity contribution in [2.45, 2.75) is 18.9 Å². The summed E-state index contributed by atoms with van der Waals surface area (Å²) in [4.78, 5) is 14.8. The van der Waals surface area contributed by atoms with Crippen molar-refractivity contribution in [3.63, 3.8) is 0 Å². The van der Waals surface area contributed by atoms with Crippen molar-refractivity contribution in [1.82, 2.24) is 15.2 Å². The fourth-order valence-corrected chi connectivity index (χ4v) is 2.49. The van der Waals surface area contributed by atoms with Crippen LogP contribution in [-0.4, -0.2) is 49.2 Å². The van der Waals surface area contributed by atoms with Gasteiger partial charge in [0, 0.05) is 23.6 Å². The Bertz CT molecular complexity index is 777. The quantitative estimate of drug-likeness (QED) is 0.884. The summed E-state index contributed by atoms with van der Waals surface area (Å²) in [6.07, 6.45) is 2.08. The first kappa shape index (κ1) is 10.7. The zero-order chi connectivity index (χ0) is 17.5. The van der Waals surface area contributed by atoms with Crippen LogP contribution in [0.15, 0.2) is 24.4 Å². The van der Waals surface area contributed by atoms with Gasteiger partial charge in [-0.1, -0.05) is 6.07 Å². The molecule has 2 N–H and O–H groups in total. The summed E-state index contributed by atoms with van der Waals surface area (Å²) in [6.45, 7) is 0.773. The van der Waals surface area contributed by atoms with Crippen LogP contribution in [-0.2, 0) is 17.6 Å². The average Bonchev–Trinajstić information content (AvgIpc) is 2.97. The molecule has 0 bridgehead atoms. The molecule has 0 spiro atoms. The number of hydrogen-bond acceptors (Lipinski definition) is 3. The van der Waals surface area contributed by atoms with E-state index in [0.717, 1.165) is 35.0 Å². The van der Waals surface area contributed by atoms with Gasteiger partial charge >= 0.3 is 6.09 Å². The number of hydrogen-bond donors (Lipinski definition) is 2. The molecule has 1 atom stereocenters. The standard InChI is InChI=1S/C16H21N3O2/c1-19(2)6-5-12-9-17-15-4-3-11(8-14(12)15)7-13-10-21-16(20)18-13/h3-4,8-9,13,17H,5-7,10H2,1-2H3,(H,18,20)/t13-/m0/s1/i13D/hD2. The van der Waals surface area contributed by atoms with Crippen LogP contribution in [0.4, 0.5) is 4.79 Å². The Kier molecular flexibility index (Phi) is 2.94. The van der Waals surface area contributed by atoms with E-state index in [1.54, 1.807) is 0 Å². The number of benzene rings is 1. The Labute approximate surface area is 128 Å². The van der Waals surface area contributed by atoms with Crippen molar-refractivity contribution >= 4 is 17.0 Å². The zero-order valence-corrected chi connectivity index (χ0v) is 12.3. The molecule has 112 valence electrons. The number of nitrogens with zero attached hydrogens (tertiary/aromatic N) is 1. The molecule has 1 aromatic heterocycles. The molecule has 1 aliphatic rings. The third-order valence-electron chi connectivity index (χ3n) is 3.61. The largest absolute Gasteiger partial charge is 0.447 e. The Morgan fingerprint density at radius 3 is 3.10 bits per heavy atom. The lowest BCUT2D eigenvalue weighted by molar-refractivity contribution is 0.177. The monoisotopic (exact) mass is 290 g/mol. The molecule has 1 aliphatic heterocycles. The summed E-state index contributed by atoms with van der Waals surface area (Å²) < 4.78 is 28.8. The van der Waals surface area contributed by atoms with Gasteiger partial charge in [0.2, 0.25) is 0 Å². The highest BCUT2D eigenvalue weighted by molar-refractivity contribution is 5.84. The van der Waals surface area contributed by atoms with Gasteiger partial charge in [0.15, 0.2) is 2.82 Å². The average molecular weight is 290 g/mol. The third-order valence-corrected chi connectivity index (χ3v) is 3.61. The summed E-state index contributed by atoms with van der Waals surface area (Å²) in [5.74, 6) is 0. The maximum Gasteiger partial charge on any atom is 0.407 e. The minimum Gasteiger partial charge on any atom is -0.447 e. The highest BCUT2D eigenvalue weighted by atomic mass is 16.6. The number of aromatic nitrogens is 1. The second-order valence-electron chi connectivity index (χ2n) is 5.60. The number of carbonyl (C=O) groups is 1. The molecule has 0 saturated carbocycles. The molecule has 0 unspecified atom stereocenters. The van der Waals surface area contributed by atoms with Crippen molar-refractivity contribution < 1.29 is 13.7 Å².